The van der Waals surface area contributed by atoms with Crippen molar-refractivity contribution in [3.63, 3.8) is 0 Å². The van der Waals surface area contributed by atoms with Crippen molar-refractivity contribution in [1.29, 1.82) is 0 Å². The number of nitrogen functional groups attached to an aromatic ring is 1. The third-order valence-corrected chi connectivity index (χ3v) is 8.45. The highest BCUT2D eigenvalue weighted by atomic mass is 16.5. The van der Waals surface area contributed by atoms with Gasteiger partial charge < -0.3 is 45.0 Å². The molecular formula is C37H51N9O6. The smallest absolute Gasteiger partial charge is 0.225 e. The van der Waals surface area contributed by atoms with E-state index in [0.29, 0.717) is 115 Å². The molecule has 15 nitrogen and oxygen atoms in total. The third kappa shape index (κ3) is 10.8. The van der Waals surface area contributed by atoms with Crippen molar-refractivity contribution in [2.24, 2.45) is 5.73 Å². The van der Waals surface area contributed by atoms with Crippen molar-refractivity contribution < 1.29 is 28.5 Å². The lowest BCUT2D eigenvalue weighted by atomic mass is 9.97. The molecule has 1 aromatic carbocycles. The molecule has 0 spiro atoms. The van der Waals surface area contributed by atoms with E-state index in [1.54, 1.807) is 6.20 Å². The number of anilines is 1. The van der Waals surface area contributed by atoms with E-state index >= 15 is 0 Å². The average Bonchev–Trinajstić information content (AvgIpc) is 3.79. The summed E-state index contributed by atoms with van der Waals surface area (Å²) in [6.07, 6.45) is 6.31. The highest BCUT2D eigenvalue weighted by Crippen LogP contribution is 2.32. The van der Waals surface area contributed by atoms with E-state index in [1.807, 2.05) is 41.8 Å². The van der Waals surface area contributed by atoms with Gasteiger partial charge in [0.25, 0.3) is 0 Å². The van der Waals surface area contributed by atoms with Gasteiger partial charge in [-0.25, -0.2) is 19.6 Å². The van der Waals surface area contributed by atoms with Crippen LogP contribution in [-0.2, 0) is 48.0 Å². The summed E-state index contributed by atoms with van der Waals surface area (Å²) >= 11 is 0. The van der Waals surface area contributed by atoms with Crippen molar-refractivity contribution in [2.45, 2.75) is 39.8 Å². The Morgan fingerprint density at radius 1 is 0.865 bits per heavy atom. The molecule has 0 bridgehead atoms. The van der Waals surface area contributed by atoms with Gasteiger partial charge in [-0.1, -0.05) is 18.2 Å². The maximum absolute atomic E-state index is 12.7. The molecular weight excluding hydrogens is 666 g/mol. The number of carbonyl (C=O) groups is 1. The molecule has 280 valence electrons. The van der Waals surface area contributed by atoms with Gasteiger partial charge in [-0.05, 0) is 49.1 Å². The van der Waals surface area contributed by atoms with Gasteiger partial charge in [-0.3, -0.25) is 4.79 Å². The summed E-state index contributed by atoms with van der Waals surface area (Å²) in [4.78, 5) is 31.0. The lowest BCUT2D eigenvalue weighted by molar-refractivity contribution is -0.133. The monoisotopic (exact) mass is 717 g/mol. The number of pyridine rings is 1. The van der Waals surface area contributed by atoms with E-state index in [-0.39, 0.29) is 5.91 Å². The first-order valence-corrected chi connectivity index (χ1v) is 17.9. The minimum absolute atomic E-state index is 0.117. The van der Waals surface area contributed by atoms with Crippen molar-refractivity contribution in [3.8, 4) is 11.3 Å². The average molecular weight is 718 g/mol. The quantitative estimate of drug-likeness (QED) is 0.106. The first kappa shape index (κ1) is 38.7. The molecule has 0 aliphatic carbocycles. The first-order valence-electron chi connectivity index (χ1n) is 17.9. The number of hydrogen-bond donors (Lipinski definition) is 3. The zero-order chi connectivity index (χ0) is 36.5. The predicted octanol–water partition coefficient (Wildman–Crippen LogP) is 3.34. The van der Waals surface area contributed by atoms with Crippen LogP contribution in [0.15, 0.2) is 49.1 Å². The maximum Gasteiger partial charge on any atom is 0.225 e. The Morgan fingerprint density at radius 2 is 1.60 bits per heavy atom. The zero-order valence-corrected chi connectivity index (χ0v) is 30.2. The number of H-pyrrole nitrogens is 1. The summed E-state index contributed by atoms with van der Waals surface area (Å²) in [6, 6.07) is 10.4. The number of benzene rings is 1. The van der Waals surface area contributed by atoms with Gasteiger partial charge in [0.1, 0.15) is 23.5 Å². The van der Waals surface area contributed by atoms with Crippen LogP contribution in [0, 0.1) is 0 Å². The van der Waals surface area contributed by atoms with Gasteiger partial charge >= 0.3 is 0 Å². The summed E-state index contributed by atoms with van der Waals surface area (Å²) in [5.74, 6) is 0.501. The van der Waals surface area contributed by atoms with Crippen LogP contribution in [0.4, 0.5) is 5.82 Å². The molecule has 1 amide bonds. The van der Waals surface area contributed by atoms with Gasteiger partial charge in [0.15, 0.2) is 5.65 Å². The van der Waals surface area contributed by atoms with Crippen LogP contribution in [0.5, 0.6) is 0 Å². The van der Waals surface area contributed by atoms with E-state index in [9.17, 15) is 4.79 Å². The predicted molar refractivity (Wildman–Crippen MR) is 199 cm³/mol. The van der Waals surface area contributed by atoms with Crippen LogP contribution in [0.2, 0.25) is 0 Å². The van der Waals surface area contributed by atoms with Gasteiger partial charge in [0, 0.05) is 56.2 Å². The van der Waals surface area contributed by atoms with Crippen molar-refractivity contribution in [1.82, 2.24) is 34.6 Å². The number of rotatable bonds is 19. The number of aromatic nitrogens is 6. The Kier molecular flexibility index (Phi) is 15.3. The van der Waals surface area contributed by atoms with Crippen molar-refractivity contribution in [3.05, 3.63) is 65.7 Å². The van der Waals surface area contributed by atoms with Crippen LogP contribution >= 0.6 is 0 Å². The Hall–Kier alpha value is -4.51. The normalized spacial score (nSPS) is 12.6. The second kappa shape index (κ2) is 20.5. The fourth-order valence-corrected chi connectivity index (χ4v) is 5.85. The standard InChI is InChI=1S/C29H32N8O3.C8H19NO3/c1-2-39-11-12-40-10-7-24(38)36-9-6-20-13-19(3-4-22(20)17-36)16-37-29-25(27(30)33-18-34-29)26(35-37)23-14-21-5-8-31-28(21)32-15-23;1-2-10-5-6-12-8-7-11-4-3-9/h3-5,8,13-15,18H,2,6-7,9-12,16-17H2,1H3,(H,31,32)(H2,30,33,34);2-9H2,1H3. The molecule has 0 fully saturated rings. The molecule has 1 aliphatic heterocycles. The van der Waals surface area contributed by atoms with Crippen LogP contribution in [0.1, 0.15) is 37.0 Å². The highest BCUT2D eigenvalue weighted by Gasteiger charge is 2.22. The number of aromatic amines is 1. The number of fused-ring (bicyclic) bond motifs is 3. The van der Waals surface area contributed by atoms with Gasteiger partial charge in [-0.2, -0.15) is 5.10 Å². The molecule has 0 unspecified atom stereocenters. The molecule has 5 N–H and O–H groups in total. The molecule has 15 heteroatoms. The van der Waals surface area contributed by atoms with E-state index in [0.717, 1.165) is 35.2 Å². The second-order valence-corrected chi connectivity index (χ2v) is 12.0. The summed E-state index contributed by atoms with van der Waals surface area (Å²) in [7, 11) is 0. The Labute approximate surface area is 303 Å². The Balaban J connectivity index is 0.000000376. The van der Waals surface area contributed by atoms with E-state index in [1.165, 1.54) is 17.5 Å². The number of nitrogens with one attached hydrogen (secondary N) is 1. The highest BCUT2D eigenvalue weighted by molar-refractivity contribution is 5.99. The summed E-state index contributed by atoms with van der Waals surface area (Å²) in [5, 5.41) is 6.63. The van der Waals surface area contributed by atoms with Crippen LogP contribution < -0.4 is 11.5 Å². The van der Waals surface area contributed by atoms with Crippen molar-refractivity contribution in [2.75, 3.05) is 84.9 Å². The van der Waals surface area contributed by atoms with Gasteiger partial charge in [-0.15, -0.1) is 0 Å². The Bertz CT molecular complexity index is 1840. The van der Waals surface area contributed by atoms with Crippen LogP contribution in [0.25, 0.3) is 33.3 Å². The number of ether oxygens (including phenoxy) is 5. The molecule has 0 saturated carbocycles. The van der Waals surface area contributed by atoms with E-state index < -0.39 is 0 Å². The maximum atomic E-state index is 12.7. The zero-order valence-electron chi connectivity index (χ0n) is 30.2. The molecule has 0 radical (unpaired) electrons. The molecule has 4 aromatic heterocycles. The largest absolute Gasteiger partial charge is 0.383 e. The molecule has 6 rings (SSSR count). The number of carbonyl (C=O) groups excluding carboxylic acids is 1. The number of amides is 1. The molecule has 1 aliphatic rings. The van der Waals surface area contributed by atoms with E-state index in [2.05, 4.69) is 38.1 Å². The number of nitrogens with zero attached hydrogens (tertiary/aromatic N) is 6. The van der Waals surface area contributed by atoms with Crippen LogP contribution in [0.3, 0.4) is 0 Å². The van der Waals surface area contributed by atoms with Crippen molar-refractivity contribution >= 4 is 33.8 Å². The third-order valence-electron chi connectivity index (χ3n) is 8.45. The molecule has 52 heavy (non-hydrogen) atoms. The first-order chi connectivity index (χ1) is 25.5. The molecule has 5 heterocycles. The second-order valence-electron chi connectivity index (χ2n) is 12.0. The SMILES string of the molecule is CCOCCOCCC(=O)N1CCc2cc(Cn3nc(-c4cnc5[nH]ccc5c4)c4c(N)ncnc43)ccc2C1.CCOCCOCCOCCN. The molecule has 0 atom stereocenters. The fourth-order valence-electron chi connectivity index (χ4n) is 5.85. The topological polar surface area (TPSA) is 191 Å². The fraction of sp³-hybridized carbons (Fsp3) is 0.486. The summed E-state index contributed by atoms with van der Waals surface area (Å²) in [6.45, 7) is 12.3. The van der Waals surface area contributed by atoms with Gasteiger partial charge in [0.2, 0.25) is 5.91 Å². The Morgan fingerprint density at radius 3 is 2.35 bits per heavy atom. The molecule has 0 saturated heterocycles. The lowest BCUT2D eigenvalue weighted by Crippen LogP contribution is -2.36. The van der Waals surface area contributed by atoms with Gasteiger partial charge in [0.05, 0.1) is 71.2 Å². The van der Waals surface area contributed by atoms with Crippen LogP contribution in [-0.4, -0.2) is 120 Å². The minimum Gasteiger partial charge on any atom is -0.383 e. The molecule has 5 aromatic rings. The van der Waals surface area contributed by atoms with E-state index in [4.69, 9.17) is 40.3 Å². The summed E-state index contributed by atoms with van der Waals surface area (Å²) in [5.41, 5.74) is 18.1. The lowest BCUT2D eigenvalue weighted by Gasteiger charge is -2.29. The number of nitrogens with two attached hydrogens (primary N) is 2. The number of hydrogen-bond acceptors (Lipinski definition) is 12. The minimum atomic E-state index is 0.117. The summed E-state index contributed by atoms with van der Waals surface area (Å²) < 4.78 is 28.0.